The molecule has 89 heavy (non-hydrogen) atoms. The quantitative estimate of drug-likeness (QED) is 0.0780. The maximum Gasteiger partial charge on any atom is 0.235 e. The fourth-order valence-electron chi connectivity index (χ4n) is 12.8. The van der Waals surface area contributed by atoms with Crippen molar-refractivity contribution in [2.75, 3.05) is 47.0 Å². The molecule has 10 aromatic rings. The van der Waals surface area contributed by atoms with Gasteiger partial charge < -0.3 is 18.9 Å². The van der Waals surface area contributed by atoms with Crippen molar-refractivity contribution >= 4 is 57.8 Å². The molecule has 0 aliphatic carbocycles. The SMILES string of the molecule is CN(C(c1ccccc1)c1ccccc1)S(=O)(=O)CC#N.CN1CCC[C@@H]1Cc1cn(Cc2ccccc2)c2ccc(Br)cc12.CN1CCC[C@@H]1Cc1cn(Cc2ccccc2)c2ccc(C(C#N)S(=O)(=O)N(C)C(c3ccccc3)c3ccccc3)cc12. The minimum atomic E-state index is -4.10. The van der Waals surface area contributed by atoms with Gasteiger partial charge in [0.05, 0.1) is 24.2 Å². The third-order valence-electron chi connectivity index (χ3n) is 17.6. The van der Waals surface area contributed by atoms with Crippen LogP contribution >= 0.6 is 15.9 Å². The number of benzene rings is 8. The molecule has 1 unspecified atom stereocenters. The molecule has 0 radical (unpaired) electrons. The van der Waals surface area contributed by atoms with Gasteiger partial charge in [-0.05, 0) is 146 Å². The zero-order valence-electron chi connectivity index (χ0n) is 51.0. The topological polar surface area (TPSA) is 139 Å². The fourth-order valence-corrected chi connectivity index (χ4v) is 15.5. The monoisotopic (exact) mass is 1280 g/mol. The van der Waals surface area contributed by atoms with Crippen molar-refractivity contribution in [2.24, 2.45) is 0 Å². The maximum absolute atomic E-state index is 14.3. The van der Waals surface area contributed by atoms with Crippen molar-refractivity contribution in [2.45, 2.75) is 81.0 Å². The summed E-state index contributed by atoms with van der Waals surface area (Å²) < 4.78 is 61.6. The number of rotatable bonds is 19. The Labute approximate surface area is 534 Å². The molecule has 0 spiro atoms. The van der Waals surface area contributed by atoms with Crippen LogP contribution in [0.4, 0.5) is 0 Å². The molecular weight excluding hydrogens is 1210 g/mol. The molecule has 0 saturated carbocycles. The first kappa shape index (κ1) is 64.0. The number of nitrogens with zero attached hydrogens (tertiary/aromatic N) is 8. The molecule has 0 bridgehead atoms. The van der Waals surface area contributed by atoms with E-state index in [0.29, 0.717) is 17.6 Å². The van der Waals surface area contributed by atoms with Crippen LogP contribution in [0.25, 0.3) is 21.8 Å². The molecule has 2 fully saturated rings. The van der Waals surface area contributed by atoms with E-state index >= 15 is 0 Å². The van der Waals surface area contributed by atoms with Crippen molar-refractivity contribution in [3.05, 3.63) is 285 Å². The molecule has 4 heterocycles. The van der Waals surface area contributed by atoms with Crippen molar-refractivity contribution in [1.29, 1.82) is 10.5 Å². The minimum Gasteiger partial charge on any atom is -0.343 e. The van der Waals surface area contributed by atoms with Gasteiger partial charge in [-0.15, -0.1) is 0 Å². The van der Waals surface area contributed by atoms with Gasteiger partial charge in [-0.2, -0.15) is 19.1 Å². The number of likely N-dealkylation sites (tertiary alicyclic amines) is 2. The first-order valence-electron chi connectivity index (χ1n) is 30.4. The summed E-state index contributed by atoms with van der Waals surface area (Å²) in [7, 11) is -0.198. The van der Waals surface area contributed by atoms with Gasteiger partial charge >= 0.3 is 0 Å². The maximum atomic E-state index is 14.3. The summed E-state index contributed by atoms with van der Waals surface area (Å²) in [5, 5.41) is 20.2. The van der Waals surface area contributed by atoms with Crippen molar-refractivity contribution in [3.63, 3.8) is 0 Å². The van der Waals surface area contributed by atoms with Crippen molar-refractivity contribution in [1.82, 2.24) is 27.5 Å². The molecule has 0 amide bonds. The summed E-state index contributed by atoms with van der Waals surface area (Å²) in [6.07, 6.45) is 11.6. The van der Waals surface area contributed by atoms with Crippen molar-refractivity contribution < 1.29 is 16.8 Å². The summed E-state index contributed by atoms with van der Waals surface area (Å²) in [5.41, 5.74) is 11.5. The van der Waals surface area contributed by atoms with Crippen LogP contribution in [0.15, 0.2) is 235 Å². The molecule has 2 saturated heterocycles. The van der Waals surface area contributed by atoms with E-state index in [0.717, 1.165) is 76.5 Å². The average Bonchev–Trinajstić information content (AvgIpc) is 1.93. The third kappa shape index (κ3) is 15.4. The van der Waals surface area contributed by atoms with Crippen LogP contribution in [-0.4, -0.2) is 103 Å². The van der Waals surface area contributed by atoms with Gasteiger partial charge in [0.1, 0.15) is 0 Å². The molecular formula is C74H77BrN8O4S2. The number of fused-ring (bicyclic) bond motifs is 2. The van der Waals surface area contributed by atoms with Gasteiger partial charge in [0.2, 0.25) is 20.0 Å². The average molecular weight is 1290 g/mol. The summed E-state index contributed by atoms with van der Waals surface area (Å²) in [4.78, 5) is 4.92. The number of sulfonamides is 2. The largest absolute Gasteiger partial charge is 0.343 e. The highest BCUT2D eigenvalue weighted by atomic mass is 79.9. The standard InChI is InChI=1S/C37H38N4O2S.C21H23BrN2.C16H16N2O2S/c1-39-22-12-19-33(39)23-32-27-41(26-28-13-6-3-7-14-28)35-21-20-31(24-34(32)35)36(25-38)44(42,43)40(2)37(29-15-8-4-9-16-29)30-17-10-5-11-18-30;1-23-11-5-8-19(23)12-17-15-24(14-16-6-3-2-4-7-16)21-10-9-18(22)13-20(17)21;1-18(21(19,20)13-12-17)16(14-8-4-2-5-9-14)15-10-6-3-7-11-15/h3-11,13-18,20-21,24,27,33,36-37H,12,19,22-23,26H2,1-2H3;2-4,6-7,9-10,13,15,19H,5,8,11-12,14H2,1H3;2-11,16H,13H2,1H3/t33-,36?;19-;/m11./s1. The van der Waals surface area contributed by atoms with E-state index in [1.165, 1.54) is 74.6 Å². The van der Waals surface area contributed by atoms with Crippen LogP contribution < -0.4 is 0 Å². The van der Waals surface area contributed by atoms with Crippen LogP contribution in [0.2, 0.25) is 0 Å². The number of likely N-dealkylation sites (N-methyl/N-ethyl adjacent to an activating group) is 2. The molecule has 12 nitrogen and oxygen atoms in total. The zero-order chi connectivity index (χ0) is 62.5. The third-order valence-corrected chi connectivity index (χ3v) is 21.6. The van der Waals surface area contributed by atoms with Crippen LogP contribution in [0, 0.1) is 22.7 Å². The number of aromatic nitrogens is 2. The molecule has 12 rings (SSSR count). The Morgan fingerprint density at radius 1 is 0.506 bits per heavy atom. The van der Waals surface area contributed by atoms with E-state index in [4.69, 9.17) is 5.26 Å². The Bertz CT molecular complexity index is 4180. The predicted molar refractivity (Wildman–Crippen MR) is 363 cm³/mol. The highest BCUT2D eigenvalue weighted by Crippen LogP contribution is 2.38. The summed E-state index contributed by atoms with van der Waals surface area (Å²) in [5.74, 6) is -0.528. The lowest BCUT2D eigenvalue weighted by Crippen LogP contribution is -2.35. The van der Waals surface area contributed by atoms with E-state index in [1.54, 1.807) is 13.1 Å². The Balaban J connectivity index is 0.000000163. The second-order valence-corrected chi connectivity index (χ2v) is 28.4. The van der Waals surface area contributed by atoms with Crippen LogP contribution in [0.3, 0.4) is 0 Å². The summed E-state index contributed by atoms with van der Waals surface area (Å²) in [6.45, 7) is 3.97. The Hall–Kier alpha value is -7.96. The lowest BCUT2D eigenvalue weighted by atomic mass is 9.99. The van der Waals surface area contributed by atoms with E-state index < -0.39 is 43.1 Å². The highest BCUT2D eigenvalue weighted by molar-refractivity contribution is 9.10. The zero-order valence-corrected chi connectivity index (χ0v) is 54.2. The first-order chi connectivity index (χ1) is 43.1. The molecule has 2 aliphatic rings. The normalized spacial score (nSPS) is 15.9. The second-order valence-electron chi connectivity index (χ2n) is 23.4. The Morgan fingerprint density at radius 3 is 1.27 bits per heavy atom. The first-order valence-corrected chi connectivity index (χ1v) is 34.3. The van der Waals surface area contributed by atoms with Gasteiger partial charge in [-0.3, -0.25) is 0 Å². The molecule has 456 valence electrons. The van der Waals surface area contributed by atoms with E-state index in [9.17, 15) is 22.1 Å². The highest BCUT2D eigenvalue weighted by Gasteiger charge is 2.37. The van der Waals surface area contributed by atoms with Crippen LogP contribution in [-0.2, 0) is 46.0 Å². The van der Waals surface area contributed by atoms with E-state index in [2.05, 4.69) is 128 Å². The molecule has 2 aromatic heterocycles. The van der Waals surface area contributed by atoms with Crippen LogP contribution in [0.5, 0.6) is 0 Å². The van der Waals surface area contributed by atoms with Crippen LogP contribution in [0.1, 0.15) is 93.1 Å². The number of hydrogen-bond donors (Lipinski definition) is 0. The van der Waals surface area contributed by atoms with Gasteiger partial charge in [-0.25, -0.2) is 16.8 Å². The van der Waals surface area contributed by atoms with Crippen molar-refractivity contribution in [3.8, 4) is 12.1 Å². The second kappa shape index (κ2) is 29.6. The molecule has 3 atom stereocenters. The summed E-state index contributed by atoms with van der Waals surface area (Å²) >= 11 is 3.65. The molecule has 2 aliphatic heterocycles. The number of nitriles is 2. The number of hydrogen-bond acceptors (Lipinski definition) is 8. The van der Waals surface area contributed by atoms with E-state index in [1.807, 2.05) is 158 Å². The molecule has 15 heteroatoms. The lowest BCUT2D eigenvalue weighted by molar-refractivity contribution is 0.309. The predicted octanol–water partition coefficient (Wildman–Crippen LogP) is 14.6. The number of halogens is 1. The van der Waals surface area contributed by atoms with Gasteiger partial charge in [0.25, 0.3) is 0 Å². The van der Waals surface area contributed by atoms with Gasteiger partial charge in [0.15, 0.2) is 11.0 Å². The van der Waals surface area contributed by atoms with Gasteiger partial charge in [-0.1, -0.05) is 204 Å². The summed E-state index contributed by atoms with van der Waals surface area (Å²) in [6, 6.07) is 75.4. The minimum absolute atomic E-state index is 0.438. The fraction of sp³-hybridized carbons (Fsp3) is 0.270. The molecule has 8 aromatic carbocycles. The Kier molecular flexibility index (Phi) is 21.3. The smallest absolute Gasteiger partial charge is 0.235 e. The van der Waals surface area contributed by atoms with Gasteiger partial charge in [0, 0.05) is 77.9 Å². The van der Waals surface area contributed by atoms with E-state index in [-0.39, 0.29) is 0 Å². The molecule has 0 N–H and O–H groups in total. The lowest BCUT2D eigenvalue weighted by Gasteiger charge is -2.30. The Morgan fingerprint density at radius 2 is 0.888 bits per heavy atom.